The second-order valence-electron chi connectivity index (χ2n) is 5.43. The number of phenols is 1. The third kappa shape index (κ3) is 4.56. The fourth-order valence-corrected chi connectivity index (χ4v) is 3.58. The van der Waals surface area contributed by atoms with Gasteiger partial charge in [-0.3, -0.25) is 0 Å². The first-order chi connectivity index (χ1) is 11.3. The molecule has 1 unspecified atom stereocenters. The van der Waals surface area contributed by atoms with Gasteiger partial charge in [0.2, 0.25) is 10.0 Å². The number of esters is 1. The summed E-state index contributed by atoms with van der Waals surface area (Å²) in [5.41, 5.74) is 0.917. The van der Waals surface area contributed by atoms with Crippen molar-refractivity contribution in [1.29, 1.82) is 0 Å². The molecule has 0 aromatic heterocycles. The van der Waals surface area contributed by atoms with Crippen molar-refractivity contribution in [2.75, 3.05) is 6.61 Å². The highest BCUT2D eigenvalue weighted by Gasteiger charge is 2.20. The van der Waals surface area contributed by atoms with Crippen LogP contribution in [0.25, 0.3) is 0 Å². The molecule has 2 aromatic rings. The second kappa shape index (κ2) is 7.46. The zero-order valence-corrected chi connectivity index (χ0v) is 14.2. The first-order valence-electron chi connectivity index (χ1n) is 7.34. The smallest absolute Gasteiger partial charge is 0.338 e. The van der Waals surface area contributed by atoms with Gasteiger partial charge in [0.25, 0.3) is 0 Å². The molecule has 128 valence electrons. The minimum absolute atomic E-state index is 0.0471. The molecular weight excluding hydrogens is 330 g/mol. The van der Waals surface area contributed by atoms with Crippen molar-refractivity contribution < 1.29 is 23.1 Å². The van der Waals surface area contributed by atoms with Gasteiger partial charge in [0, 0.05) is 0 Å². The van der Waals surface area contributed by atoms with Gasteiger partial charge in [-0.25, -0.2) is 17.9 Å². The summed E-state index contributed by atoms with van der Waals surface area (Å²) in [6.45, 7) is 3.22. The third-order valence-corrected chi connectivity index (χ3v) is 5.06. The monoisotopic (exact) mass is 349 g/mol. The summed E-state index contributed by atoms with van der Waals surface area (Å²) in [5.74, 6) is -0.539. The fraction of sp³-hybridized carbons (Fsp3) is 0.235. The van der Waals surface area contributed by atoms with Gasteiger partial charge in [-0.2, -0.15) is 0 Å². The molecule has 0 aliphatic rings. The number of sulfonamides is 1. The third-order valence-electron chi connectivity index (χ3n) is 3.31. The molecule has 2 rings (SSSR count). The summed E-state index contributed by atoms with van der Waals surface area (Å²) in [6.07, 6.45) is 0. The molecule has 0 radical (unpaired) electrons. The Hall–Kier alpha value is -2.38. The number of carbonyl (C=O) groups is 1. The van der Waals surface area contributed by atoms with Gasteiger partial charge in [0.15, 0.2) is 0 Å². The van der Waals surface area contributed by atoms with Crippen LogP contribution in [0.2, 0.25) is 0 Å². The van der Waals surface area contributed by atoms with E-state index in [1.165, 1.54) is 30.3 Å². The minimum Gasteiger partial charge on any atom is -0.508 e. The van der Waals surface area contributed by atoms with Crippen LogP contribution in [0.15, 0.2) is 53.4 Å². The van der Waals surface area contributed by atoms with E-state index in [2.05, 4.69) is 4.72 Å². The lowest BCUT2D eigenvalue weighted by molar-refractivity contribution is 0.0481. The standard InChI is InChI=1S/C17H19NO5S/c1-12-5-3-4-6-16(12)24(21,22)18-13(2)11-23-17(20)14-7-9-15(19)10-8-14/h3-10,13,18-19H,11H2,1-2H3. The molecule has 6 nitrogen and oxygen atoms in total. The van der Waals surface area contributed by atoms with Crippen molar-refractivity contribution in [3.63, 3.8) is 0 Å². The Morgan fingerprint density at radius 1 is 1.17 bits per heavy atom. The number of hydrogen-bond donors (Lipinski definition) is 2. The van der Waals surface area contributed by atoms with Crippen molar-refractivity contribution in [2.45, 2.75) is 24.8 Å². The van der Waals surface area contributed by atoms with E-state index in [-0.39, 0.29) is 22.8 Å². The average Bonchev–Trinajstić information content (AvgIpc) is 2.53. The van der Waals surface area contributed by atoms with E-state index < -0.39 is 22.0 Å². The summed E-state index contributed by atoms with van der Waals surface area (Å²) in [5, 5.41) is 9.19. The molecule has 0 fully saturated rings. The molecule has 0 spiro atoms. The number of aromatic hydroxyl groups is 1. The van der Waals surface area contributed by atoms with Crippen LogP contribution in [-0.4, -0.2) is 32.1 Å². The molecule has 1 atom stereocenters. The van der Waals surface area contributed by atoms with Crippen molar-refractivity contribution >= 4 is 16.0 Å². The number of aryl methyl sites for hydroxylation is 1. The Morgan fingerprint density at radius 3 is 2.42 bits per heavy atom. The SMILES string of the molecule is Cc1ccccc1S(=O)(=O)NC(C)COC(=O)c1ccc(O)cc1. The first-order valence-corrected chi connectivity index (χ1v) is 8.82. The highest BCUT2D eigenvalue weighted by atomic mass is 32.2. The maximum atomic E-state index is 12.3. The quantitative estimate of drug-likeness (QED) is 0.780. The maximum absolute atomic E-state index is 12.3. The molecule has 0 saturated carbocycles. The maximum Gasteiger partial charge on any atom is 0.338 e. The molecule has 0 saturated heterocycles. The van der Waals surface area contributed by atoms with Gasteiger partial charge in [0.1, 0.15) is 12.4 Å². The number of nitrogens with one attached hydrogen (secondary N) is 1. The molecule has 0 amide bonds. The Balaban J connectivity index is 1.95. The van der Waals surface area contributed by atoms with Crippen LogP contribution < -0.4 is 4.72 Å². The van der Waals surface area contributed by atoms with E-state index in [9.17, 15) is 18.3 Å². The predicted molar refractivity (Wildman–Crippen MR) is 89.4 cm³/mol. The van der Waals surface area contributed by atoms with E-state index in [0.717, 1.165) is 0 Å². The van der Waals surface area contributed by atoms with Crippen molar-refractivity contribution in [3.05, 3.63) is 59.7 Å². The van der Waals surface area contributed by atoms with Crippen LogP contribution >= 0.6 is 0 Å². The van der Waals surface area contributed by atoms with E-state index >= 15 is 0 Å². The van der Waals surface area contributed by atoms with Crippen LogP contribution in [-0.2, 0) is 14.8 Å². The van der Waals surface area contributed by atoms with E-state index in [1.54, 1.807) is 32.0 Å². The van der Waals surface area contributed by atoms with E-state index in [1.807, 2.05) is 0 Å². The topological polar surface area (TPSA) is 92.7 Å². The fourth-order valence-electron chi connectivity index (χ4n) is 2.10. The lowest BCUT2D eigenvalue weighted by Crippen LogP contribution is -2.36. The van der Waals surface area contributed by atoms with Crippen molar-refractivity contribution in [2.24, 2.45) is 0 Å². The van der Waals surface area contributed by atoms with Gasteiger partial charge in [-0.1, -0.05) is 18.2 Å². The summed E-state index contributed by atoms with van der Waals surface area (Å²) in [4.78, 5) is 12.1. The van der Waals surface area contributed by atoms with Crippen LogP contribution in [0.3, 0.4) is 0 Å². The van der Waals surface area contributed by atoms with Crippen LogP contribution in [0.5, 0.6) is 5.75 Å². The van der Waals surface area contributed by atoms with Crippen molar-refractivity contribution in [3.8, 4) is 5.75 Å². The second-order valence-corrected chi connectivity index (χ2v) is 7.12. The van der Waals surface area contributed by atoms with Gasteiger partial charge >= 0.3 is 5.97 Å². The van der Waals surface area contributed by atoms with Gasteiger partial charge < -0.3 is 9.84 Å². The molecule has 0 bridgehead atoms. The normalized spacial score (nSPS) is 12.6. The highest BCUT2D eigenvalue weighted by Crippen LogP contribution is 2.14. The first kappa shape index (κ1) is 18.0. The highest BCUT2D eigenvalue weighted by molar-refractivity contribution is 7.89. The molecule has 0 aliphatic heterocycles. The summed E-state index contributed by atoms with van der Waals surface area (Å²) < 4.78 is 32.3. The minimum atomic E-state index is -3.68. The van der Waals surface area contributed by atoms with Crippen LogP contribution in [0.4, 0.5) is 0 Å². The number of rotatable bonds is 6. The Bertz CT molecular complexity index is 815. The van der Waals surface area contributed by atoms with E-state index in [4.69, 9.17) is 4.74 Å². The zero-order valence-electron chi connectivity index (χ0n) is 13.4. The molecule has 24 heavy (non-hydrogen) atoms. The number of hydrogen-bond acceptors (Lipinski definition) is 5. The van der Waals surface area contributed by atoms with Gasteiger partial charge in [-0.05, 0) is 49.7 Å². The zero-order chi connectivity index (χ0) is 17.7. The van der Waals surface area contributed by atoms with Gasteiger partial charge in [-0.15, -0.1) is 0 Å². The molecule has 7 heteroatoms. The summed E-state index contributed by atoms with van der Waals surface area (Å²) in [7, 11) is -3.68. The Labute approximate surface area is 141 Å². The molecule has 0 heterocycles. The van der Waals surface area contributed by atoms with E-state index in [0.29, 0.717) is 5.56 Å². The van der Waals surface area contributed by atoms with Gasteiger partial charge in [0.05, 0.1) is 16.5 Å². The lowest BCUT2D eigenvalue weighted by atomic mass is 10.2. The Morgan fingerprint density at radius 2 is 1.79 bits per heavy atom. The molecular formula is C17H19NO5S. The number of ether oxygens (including phenoxy) is 1. The molecule has 0 aliphatic carbocycles. The summed E-state index contributed by atoms with van der Waals surface area (Å²) in [6, 6.07) is 11.7. The number of benzene rings is 2. The molecule has 2 aromatic carbocycles. The largest absolute Gasteiger partial charge is 0.508 e. The van der Waals surface area contributed by atoms with Crippen LogP contribution in [0, 0.1) is 6.92 Å². The predicted octanol–water partition coefficient (Wildman–Crippen LogP) is 2.22. The van der Waals surface area contributed by atoms with Crippen LogP contribution in [0.1, 0.15) is 22.8 Å². The molecule has 2 N–H and O–H groups in total. The number of phenolic OH excluding ortho intramolecular Hbond substituents is 1. The summed E-state index contributed by atoms with van der Waals surface area (Å²) >= 11 is 0. The Kier molecular flexibility index (Phi) is 5.58. The average molecular weight is 349 g/mol. The lowest BCUT2D eigenvalue weighted by Gasteiger charge is -2.15. The van der Waals surface area contributed by atoms with Crippen molar-refractivity contribution in [1.82, 2.24) is 4.72 Å². The number of carbonyl (C=O) groups excluding carboxylic acids is 1.